The summed E-state index contributed by atoms with van der Waals surface area (Å²) in [6, 6.07) is 0.458. The van der Waals surface area contributed by atoms with Crippen LogP contribution in [0.1, 0.15) is 12.0 Å². The molecule has 1 aromatic heterocycles. The van der Waals surface area contributed by atoms with Crippen LogP contribution in [0.2, 0.25) is 0 Å². The Morgan fingerprint density at radius 1 is 1.53 bits per heavy atom. The standard InChI is InChI=1S/C6H2ClF2IN2O4S/c7-17(15,16)3-1-2(4(8)9)5(10)11-6(3)12(13)14/h1,4H. The Kier molecular flexibility index (Phi) is 4.19. The molecule has 0 aliphatic carbocycles. The van der Waals surface area contributed by atoms with Gasteiger partial charge in [-0.15, -0.1) is 0 Å². The number of halogens is 4. The lowest BCUT2D eigenvalue weighted by Gasteiger charge is -2.03. The number of hydrogen-bond donors (Lipinski definition) is 0. The second kappa shape index (κ2) is 4.94. The normalized spacial score (nSPS) is 11.8. The number of aromatic nitrogens is 1. The molecule has 0 aliphatic rings. The van der Waals surface area contributed by atoms with Gasteiger partial charge in [-0.05, 0) is 16.0 Å². The number of rotatable bonds is 3. The zero-order valence-electron chi connectivity index (χ0n) is 7.60. The maximum atomic E-state index is 12.5. The van der Waals surface area contributed by atoms with E-state index in [1.54, 1.807) is 0 Å². The molecule has 11 heteroatoms. The highest BCUT2D eigenvalue weighted by atomic mass is 127. The largest absolute Gasteiger partial charge is 0.384 e. The van der Waals surface area contributed by atoms with Crippen LogP contribution in [0.3, 0.4) is 0 Å². The van der Waals surface area contributed by atoms with Crippen molar-refractivity contribution in [1.82, 2.24) is 4.98 Å². The maximum Gasteiger partial charge on any atom is 0.384 e. The fourth-order valence-corrected chi connectivity index (χ4v) is 2.51. The molecule has 0 saturated carbocycles. The van der Waals surface area contributed by atoms with Gasteiger partial charge in [-0.3, -0.25) is 0 Å². The fraction of sp³-hybridized carbons (Fsp3) is 0.167. The minimum atomic E-state index is -4.52. The van der Waals surface area contributed by atoms with Gasteiger partial charge in [0, 0.05) is 33.3 Å². The van der Waals surface area contributed by atoms with Crippen molar-refractivity contribution in [3.8, 4) is 0 Å². The van der Waals surface area contributed by atoms with Crippen LogP contribution in [0.5, 0.6) is 0 Å². The fourth-order valence-electron chi connectivity index (χ4n) is 0.941. The highest BCUT2D eigenvalue weighted by molar-refractivity contribution is 14.1. The van der Waals surface area contributed by atoms with Crippen molar-refractivity contribution in [2.75, 3.05) is 0 Å². The second-order valence-corrected chi connectivity index (χ2v) is 6.24. The predicted molar refractivity (Wildman–Crippen MR) is 61.6 cm³/mol. The third kappa shape index (κ3) is 3.19. The van der Waals surface area contributed by atoms with Crippen LogP contribution in [-0.4, -0.2) is 18.3 Å². The highest BCUT2D eigenvalue weighted by Crippen LogP contribution is 2.32. The molecule has 0 unspecified atom stereocenters. The zero-order valence-corrected chi connectivity index (χ0v) is 11.3. The number of nitro groups is 1. The van der Waals surface area contributed by atoms with Gasteiger partial charge < -0.3 is 10.1 Å². The number of nitrogens with zero attached hydrogens (tertiary/aromatic N) is 2. The van der Waals surface area contributed by atoms with Gasteiger partial charge in [0.05, 0.1) is 5.56 Å². The summed E-state index contributed by atoms with van der Waals surface area (Å²) in [6.45, 7) is 0. The molecule has 0 N–H and O–H groups in total. The van der Waals surface area contributed by atoms with Crippen molar-refractivity contribution < 1.29 is 22.1 Å². The van der Waals surface area contributed by atoms with Crippen molar-refractivity contribution in [2.45, 2.75) is 11.3 Å². The van der Waals surface area contributed by atoms with Gasteiger partial charge in [-0.25, -0.2) is 17.2 Å². The van der Waals surface area contributed by atoms with Crippen LogP contribution in [0.15, 0.2) is 11.0 Å². The molecule has 17 heavy (non-hydrogen) atoms. The summed E-state index contributed by atoms with van der Waals surface area (Å²) in [5, 5.41) is 10.5. The van der Waals surface area contributed by atoms with Crippen LogP contribution in [-0.2, 0) is 9.05 Å². The van der Waals surface area contributed by atoms with Crippen LogP contribution < -0.4 is 0 Å². The van der Waals surface area contributed by atoms with Crippen molar-refractivity contribution in [3.63, 3.8) is 0 Å². The van der Waals surface area contributed by atoms with Crippen molar-refractivity contribution >= 4 is 48.1 Å². The Labute approximate surface area is 112 Å². The second-order valence-electron chi connectivity index (χ2n) is 2.69. The minimum Gasteiger partial charge on any atom is -0.358 e. The topological polar surface area (TPSA) is 90.2 Å². The Bertz CT molecular complexity index is 580. The Balaban J connectivity index is 3.66. The molecule has 1 aromatic rings. The lowest BCUT2D eigenvalue weighted by molar-refractivity contribution is -0.392. The van der Waals surface area contributed by atoms with Gasteiger partial charge in [0.15, 0.2) is 4.90 Å². The molecule has 94 valence electrons. The Hall–Kier alpha value is -0.620. The van der Waals surface area contributed by atoms with Crippen molar-refractivity contribution in [2.24, 2.45) is 0 Å². The third-order valence-electron chi connectivity index (χ3n) is 1.62. The van der Waals surface area contributed by atoms with E-state index in [-0.39, 0.29) is 3.70 Å². The average molecular weight is 399 g/mol. The summed E-state index contributed by atoms with van der Waals surface area (Å²) in [7, 11) is 0.397. The van der Waals surface area contributed by atoms with E-state index in [2.05, 4.69) is 4.98 Å². The molecule has 0 aromatic carbocycles. The smallest absolute Gasteiger partial charge is 0.358 e. The average Bonchev–Trinajstić information content (AvgIpc) is 2.14. The van der Waals surface area contributed by atoms with E-state index < -0.39 is 36.7 Å². The Morgan fingerprint density at radius 3 is 2.41 bits per heavy atom. The quantitative estimate of drug-likeness (QED) is 0.256. The summed E-state index contributed by atoms with van der Waals surface area (Å²) in [4.78, 5) is 11.6. The first-order valence-electron chi connectivity index (χ1n) is 3.72. The molecule has 0 fully saturated rings. The van der Waals surface area contributed by atoms with Gasteiger partial charge in [0.2, 0.25) is 3.70 Å². The van der Waals surface area contributed by atoms with E-state index in [9.17, 15) is 27.3 Å². The summed E-state index contributed by atoms with van der Waals surface area (Å²) < 4.78 is 46.6. The first-order valence-corrected chi connectivity index (χ1v) is 7.11. The predicted octanol–water partition coefficient (Wildman–Crippen LogP) is 2.46. The molecule has 1 heterocycles. The zero-order chi connectivity index (χ0) is 13.4. The SMILES string of the molecule is O=[N+]([O-])c1nc(I)c(C(F)F)cc1S(=O)(=O)Cl. The minimum absolute atomic E-state index is 0.353. The molecule has 0 atom stereocenters. The molecule has 0 spiro atoms. The number of pyridine rings is 1. The summed E-state index contributed by atoms with van der Waals surface area (Å²) in [6.07, 6.45) is -3.01. The molecule has 0 amide bonds. The molecular formula is C6H2ClF2IN2O4S. The lowest BCUT2D eigenvalue weighted by Crippen LogP contribution is -2.06. The van der Waals surface area contributed by atoms with Gasteiger partial charge in [-0.1, -0.05) is 0 Å². The van der Waals surface area contributed by atoms with E-state index in [1.807, 2.05) is 0 Å². The molecule has 0 saturated heterocycles. The summed E-state index contributed by atoms with van der Waals surface area (Å²) >= 11 is 1.35. The molecule has 0 bridgehead atoms. The van der Waals surface area contributed by atoms with E-state index in [1.165, 1.54) is 22.6 Å². The lowest BCUT2D eigenvalue weighted by atomic mass is 10.3. The molecule has 6 nitrogen and oxygen atoms in total. The molecule has 1 rings (SSSR count). The van der Waals surface area contributed by atoms with Gasteiger partial charge >= 0.3 is 5.82 Å². The van der Waals surface area contributed by atoms with E-state index in [0.717, 1.165) is 0 Å². The third-order valence-corrected chi connectivity index (χ3v) is 3.81. The van der Waals surface area contributed by atoms with Crippen LogP contribution in [0, 0.1) is 13.8 Å². The van der Waals surface area contributed by atoms with E-state index in [4.69, 9.17) is 10.7 Å². The molecule has 0 radical (unpaired) electrons. The van der Waals surface area contributed by atoms with Crippen molar-refractivity contribution in [1.29, 1.82) is 0 Å². The monoisotopic (exact) mass is 398 g/mol. The first kappa shape index (κ1) is 14.4. The van der Waals surface area contributed by atoms with E-state index >= 15 is 0 Å². The molecular weight excluding hydrogens is 396 g/mol. The maximum absolute atomic E-state index is 12.5. The highest BCUT2D eigenvalue weighted by Gasteiger charge is 2.31. The molecule has 0 aliphatic heterocycles. The van der Waals surface area contributed by atoms with Crippen LogP contribution in [0.4, 0.5) is 14.6 Å². The van der Waals surface area contributed by atoms with Crippen LogP contribution in [0.25, 0.3) is 0 Å². The van der Waals surface area contributed by atoms with Crippen molar-refractivity contribution in [3.05, 3.63) is 25.4 Å². The number of alkyl halides is 2. The van der Waals surface area contributed by atoms with Gasteiger partial charge in [-0.2, -0.15) is 0 Å². The summed E-state index contributed by atoms with van der Waals surface area (Å²) in [5.74, 6) is -1.08. The van der Waals surface area contributed by atoms with Gasteiger partial charge in [0.1, 0.15) is 0 Å². The number of hydrogen-bond acceptors (Lipinski definition) is 5. The first-order chi connectivity index (χ1) is 7.64. The van der Waals surface area contributed by atoms with E-state index in [0.29, 0.717) is 6.07 Å². The van der Waals surface area contributed by atoms with Crippen LogP contribution >= 0.6 is 33.3 Å². The summed E-state index contributed by atoms with van der Waals surface area (Å²) in [5.41, 5.74) is -0.726. The van der Waals surface area contributed by atoms with Gasteiger partial charge in [0.25, 0.3) is 15.5 Å². The Morgan fingerprint density at radius 2 is 2.06 bits per heavy atom.